The van der Waals surface area contributed by atoms with Gasteiger partial charge in [0.1, 0.15) is 6.61 Å². The Hall–Kier alpha value is -1.69. The molecule has 16 heavy (non-hydrogen) atoms. The molecule has 6 heteroatoms. The molecule has 0 aliphatic heterocycles. The Labute approximate surface area is 93.5 Å². The van der Waals surface area contributed by atoms with Gasteiger partial charge >= 0.3 is 5.97 Å². The van der Waals surface area contributed by atoms with E-state index in [1.807, 2.05) is 0 Å². The molecule has 0 aromatic carbocycles. The highest BCUT2D eigenvalue weighted by molar-refractivity contribution is 5.88. The van der Waals surface area contributed by atoms with Gasteiger partial charge < -0.3 is 9.84 Å². The van der Waals surface area contributed by atoms with Crippen LogP contribution >= 0.6 is 0 Å². The Morgan fingerprint density at radius 3 is 3.06 bits per heavy atom. The average molecular weight is 225 g/mol. The van der Waals surface area contributed by atoms with Gasteiger partial charge in [0.2, 0.25) is 0 Å². The van der Waals surface area contributed by atoms with Gasteiger partial charge in [-0.05, 0) is 13.3 Å². The van der Waals surface area contributed by atoms with Crippen molar-refractivity contribution in [2.45, 2.75) is 19.9 Å². The van der Waals surface area contributed by atoms with E-state index in [4.69, 9.17) is 9.84 Å². The van der Waals surface area contributed by atoms with E-state index in [1.54, 1.807) is 11.6 Å². The molecule has 0 fully saturated rings. The fraction of sp³-hybridized carbons (Fsp3) is 0.500. The molecule has 1 aromatic heterocycles. The number of carbonyl (C=O) groups excluding carboxylic acids is 1. The van der Waals surface area contributed by atoms with Gasteiger partial charge in [0.25, 0.3) is 0 Å². The lowest BCUT2D eigenvalue weighted by atomic mass is 10.3. The van der Waals surface area contributed by atoms with Crippen LogP contribution in [0.1, 0.15) is 22.6 Å². The number of esters is 1. The second-order valence-electron chi connectivity index (χ2n) is 3.21. The van der Waals surface area contributed by atoms with Crippen LogP contribution in [-0.2, 0) is 11.3 Å². The summed E-state index contributed by atoms with van der Waals surface area (Å²) in [5.41, 5.74) is 0.849. The number of rotatable bonds is 6. The van der Waals surface area contributed by atoms with Crippen molar-refractivity contribution in [2.75, 3.05) is 13.2 Å². The predicted octanol–water partition coefficient (Wildman–Crippen LogP) is 0.312. The normalized spacial score (nSPS) is 10.1. The Morgan fingerprint density at radius 2 is 2.44 bits per heavy atom. The third-order valence-corrected chi connectivity index (χ3v) is 2.04. The maximum Gasteiger partial charge on any atom is 0.361 e. The second-order valence-corrected chi connectivity index (χ2v) is 3.21. The summed E-state index contributed by atoms with van der Waals surface area (Å²) in [6.45, 7) is 5.95. The zero-order valence-corrected chi connectivity index (χ0v) is 9.22. The molecular weight excluding hydrogens is 210 g/mol. The quantitative estimate of drug-likeness (QED) is 0.557. The van der Waals surface area contributed by atoms with Crippen molar-refractivity contribution in [3.8, 4) is 0 Å². The van der Waals surface area contributed by atoms with Gasteiger partial charge in [-0.25, -0.2) is 9.48 Å². The molecule has 0 unspecified atom stereocenters. The highest BCUT2D eigenvalue weighted by Gasteiger charge is 2.16. The number of carbonyl (C=O) groups is 1. The molecule has 0 radical (unpaired) electrons. The lowest BCUT2D eigenvalue weighted by Gasteiger charge is -2.02. The average Bonchev–Trinajstić information content (AvgIpc) is 2.65. The van der Waals surface area contributed by atoms with Crippen LogP contribution < -0.4 is 0 Å². The van der Waals surface area contributed by atoms with Crippen molar-refractivity contribution in [3.63, 3.8) is 0 Å². The van der Waals surface area contributed by atoms with Crippen LogP contribution in [0.15, 0.2) is 12.7 Å². The highest BCUT2D eigenvalue weighted by atomic mass is 16.5. The smallest absolute Gasteiger partial charge is 0.361 e. The summed E-state index contributed by atoms with van der Waals surface area (Å²) >= 11 is 0. The maximum absolute atomic E-state index is 11.5. The Morgan fingerprint density at radius 1 is 1.69 bits per heavy atom. The molecule has 0 saturated carbocycles. The Bertz CT molecular complexity index is 373. The van der Waals surface area contributed by atoms with Gasteiger partial charge in [0.15, 0.2) is 5.69 Å². The standard InChI is InChI=1S/C10H15N3O3/c1-3-7-16-10(15)9-8(2)13(12-11-9)5-4-6-14/h3,14H,1,4-7H2,2H3. The van der Waals surface area contributed by atoms with Gasteiger partial charge in [-0.3, -0.25) is 0 Å². The minimum Gasteiger partial charge on any atom is -0.457 e. The molecule has 6 nitrogen and oxygen atoms in total. The number of nitrogens with zero attached hydrogens (tertiary/aromatic N) is 3. The third kappa shape index (κ3) is 2.90. The fourth-order valence-electron chi connectivity index (χ4n) is 1.18. The van der Waals surface area contributed by atoms with E-state index in [0.29, 0.717) is 18.7 Å². The van der Waals surface area contributed by atoms with E-state index in [1.165, 1.54) is 6.08 Å². The topological polar surface area (TPSA) is 77.2 Å². The molecule has 0 saturated heterocycles. The van der Waals surface area contributed by atoms with Crippen LogP contribution in [0.4, 0.5) is 0 Å². The minimum absolute atomic E-state index is 0.0789. The molecule has 0 spiro atoms. The lowest BCUT2D eigenvalue weighted by molar-refractivity contribution is 0.0542. The van der Waals surface area contributed by atoms with Gasteiger partial charge in [-0.15, -0.1) is 5.10 Å². The molecule has 0 aliphatic carbocycles. The van der Waals surface area contributed by atoms with Crippen LogP contribution in [0.25, 0.3) is 0 Å². The summed E-state index contributed by atoms with van der Waals surface area (Å²) in [5.74, 6) is -0.507. The highest BCUT2D eigenvalue weighted by Crippen LogP contribution is 2.06. The number of ether oxygens (including phenoxy) is 1. The molecule has 1 aromatic rings. The SMILES string of the molecule is C=CCOC(=O)c1nnn(CCCO)c1C. The molecule has 0 amide bonds. The molecule has 1 N–H and O–H groups in total. The summed E-state index contributed by atoms with van der Waals surface area (Å²) in [5, 5.41) is 16.2. The van der Waals surface area contributed by atoms with Crippen molar-refractivity contribution in [2.24, 2.45) is 0 Å². The first-order valence-electron chi connectivity index (χ1n) is 4.99. The Balaban J connectivity index is 2.70. The number of aryl methyl sites for hydroxylation is 1. The van der Waals surface area contributed by atoms with E-state index >= 15 is 0 Å². The summed E-state index contributed by atoms with van der Waals surface area (Å²) < 4.78 is 6.42. The Kier molecular flexibility index (Phi) is 4.65. The zero-order chi connectivity index (χ0) is 12.0. The molecule has 1 heterocycles. The molecule has 0 aliphatic rings. The minimum atomic E-state index is -0.507. The monoisotopic (exact) mass is 225 g/mol. The van der Waals surface area contributed by atoms with Crippen LogP contribution in [0, 0.1) is 6.92 Å². The van der Waals surface area contributed by atoms with E-state index in [9.17, 15) is 4.79 Å². The van der Waals surface area contributed by atoms with Crippen LogP contribution in [0.3, 0.4) is 0 Å². The third-order valence-electron chi connectivity index (χ3n) is 2.04. The summed E-state index contributed by atoms with van der Waals surface area (Å²) in [4.78, 5) is 11.5. The van der Waals surface area contributed by atoms with Crippen molar-refractivity contribution in [1.82, 2.24) is 15.0 Å². The number of hydrogen-bond acceptors (Lipinski definition) is 5. The van der Waals surface area contributed by atoms with Crippen molar-refractivity contribution < 1.29 is 14.6 Å². The number of aromatic nitrogens is 3. The number of aliphatic hydroxyl groups is 1. The second kappa shape index (κ2) is 6.02. The van der Waals surface area contributed by atoms with Crippen LogP contribution in [0.5, 0.6) is 0 Å². The van der Waals surface area contributed by atoms with Gasteiger partial charge in [0, 0.05) is 13.2 Å². The van der Waals surface area contributed by atoms with E-state index < -0.39 is 5.97 Å². The zero-order valence-electron chi connectivity index (χ0n) is 9.22. The first-order chi connectivity index (χ1) is 7.70. The first-order valence-corrected chi connectivity index (χ1v) is 4.99. The maximum atomic E-state index is 11.5. The van der Waals surface area contributed by atoms with Crippen molar-refractivity contribution in [3.05, 3.63) is 24.0 Å². The van der Waals surface area contributed by atoms with Crippen molar-refractivity contribution >= 4 is 5.97 Å². The first kappa shape index (κ1) is 12.4. The van der Waals surface area contributed by atoms with E-state index in [2.05, 4.69) is 16.9 Å². The largest absolute Gasteiger partial charge is 0.457 e. The van der Waals surface area contributed by atoms with Crippen LogP contribution in [0.2, 0.25) is 0 Å². The van der Waals surface area contributed by atoms with E-state index in [0.717, 1.165) is 0 Å². The predicted molar refractivity (Wildman–Crippen MR) is 56.9 cm³/mol. The molecule has 0 bridgehead atoms. The van der Waals surface area contributed by atoms with E-state index in [-0.39, 0.29) is 18.9 Å². The molecule has 88 valence electrons. The molecule has 0 atom stereocenters. The molecular formula is C10H15N3O3. The van der Waals surface area contributed by atoms with Gasteiger partial charge in [-0.1, -0.05) is 17.9 Å². The van der Waals surface area contributed by atoms with Crippen molar-refractivity contribution in [1.29, 1.82) is 0 Å². The lowest BCUT2D eigenvalue weighted by Crippen LogP contribution is -2.09. The number of aliphatic hydroxyl groups excluding tert-OH is 1. The molecule has 1 rings (SSSR count). The number of hydrogen-bond donors (Lipinski definition) is 1. The van der Waals surface area contributed by atoms with Crippen LogP contribution in [-0.4, -0.2) is 39.3 Å². The van der Waals surface area contributed by atoms with Gasteiger partial charge in [0.05, 0.1) is 5.69 Å². The summed E-state index contributed by atoms with van der Waals surface area (Å²) in [7, 11) is 0. The summed E-state index contributed by atoms with van der Waals surface area (Å²) in [6, 6.07) is 0. The fourth-order valence-corrected chi connectivity index (χ4v) is 1.18. The van der Waals surface area contributed by atoms with Gasteiger partial charge in [-0.2, -0.15) is 0 Å². The summed E-state index contributed by atoms with van der Waals surface area (Å²) in [6.07, 6.45) is 2.06.